The molecule has 0 atom stereocenters. The van der Waals surface area contributed by atoms with Gasteiger partial charge in [-0.25, -0.2) is 0 Å². The minimum absolute atomic E-state index is 0.0722. The molecule has 1 heterocycles. The van der Waals surface area contributed by atoms with Gasteiger partial charge in [0, 0.05) is 26.1 Å². The predicted molar refractivity (Wildman–Crippen MR) is 109 cm³/mol. The highest BCUT2D eigenvalue weighted by atomic mass is 16.5. The number of unbranched alkanes of at least 4 members (excludes halogenated alkanes) is 1. The van der Waals surface area contributed by atoms with Crippen molar-refractivity contribution in [2.24, 2.45) is 16.6 Å². The second kappa shape index (κ2) is 11.4. The van der Waals surface area contributed by atoms with Crippen molar-refractivity contribution < 1.29 is 9.53 Å². The van der Waals surface area contributed by atoms with Gasteiger partial charge >= 0.3 is 0 Å². The number of hydrogen-bond acceptors (Lipinski definition) is 4. The van der Waals surface area contributed by atoms with E-state index in [9.17, 15) is 4.79 Å². The number of nitrogens with two attached hydrogens (primary N) is 1. The molecule has 1 aliphatic rings. The van der Waals surface area contributed by atoms with Crippen molar-refractivity contribution in [3.63, 3.8) is 0 Å². The van der Waals surface area contributed by atoms with Crippen molar-refractivity contribution in [2.45, 2.75) is 32.2 Å². The SMILES string of the molecule is CN=C(NCCCCN1CCC(C(N)=O)CC1)NCc1ccc(OC)cc1. The topological polar surface area (TPSA) is 92.0 Å². The molecule has 1 aliphatic heterocycles. The minimum atomic E-state index is -0.146. The van der Waals surface area contributed by atoms with Gasteiger partial charge < -0.3 is 26.0 Å². The first-order chi connectivity index (χ1) is 13.1. The molecule has 27 heavy (non-hydrogen) atoms. The molecule has 7 heteroatoms. The molecule has 1 amide bonds. The van der Waals surface area contributed by atoms with Gasteiger partial charge in [-0.3, -0.25) is 9.79 Å². The van der Waals surface area contributed by atoms with Gasteiger partial charge in [0.1, 0.15) is 5.75 Å². The maximum Gasteiger partial charge on any atom is 0.220 e. The number of guanidine groups is 1. The number of primary amides is 1. The van der Waals surface area contributed by atoms with Crippen LogP contribution in [0.15, 0.2) is 29.3 Å². The molecule has 0 radical (unpaired) electrons. The Kier molecular flexibility index (Phi) is 8.91. The molecule has 0 spiro atoms. The fraction of sp³-hybridized carbons (Fsp3) is 0.600. The smallest absolute Gasteiger partial charge is 0.220 e. The highest BCUT2D eigenvalue weighted by Gasteiger charge is 2.22. The number of nitrogens with one attached hydrogen (secondary N) is 2. The second-order valence-electron chi connectivity index (χ2n) is 6.93. The molecule has 0 aromatic heterocycles. The zero-order chi connectivity index (χ0) is 19.5. The van der Waals surface area contributed by atoms with Crippen LogP contribution < -0.4 is 21.1 Å². The van der Waals surface area contributed by atoms with E-state index in [1.165, 1.54) is 5.56 Å². The van der Waals surface area contributed by atoms with Crippen LogP contribution >= 0.6 is 0 Å². The lowest BCUT2D eigenvalue weighted by Crippen LogP contribution is -2.39. The van der Waals surface area contributed by atoms with Crippen molar-refractivity contribution in [3.05, 3.63) is 29.8 Å². The van der Waals surface area contributed by atoms with Crippen molar-refractivity contribution in [3.8, 4) is 5.75 Å². The molecular weight excluding hydrogens is 342 g/mol. The molecule has 150 valence electrons. The monoisotopic (exact) mass is 375 g/mol. The van der Waals surface area contributed by atoms with Gasteiger partial charge in [0.15, 0.2) is 5.96 Å². The van der Waals surface area contributed by atoms with E-state index in [0.29, 0.717) is 0 Å². The van der Waals surface area contributed by atoms with E-state index >= 15 is 0 Å². The van der Waals surface area contributed by atoms with E-state index in [1.54, 1.807) is 14.2 Å². The van der Waals surface area contributed by atoms with Gasteiger partial charge in [-0.1, -0.05) is 12.1 Å². The minimum Gasteiger partial charge on any atom is -0.497 e. The normalized spacial score (nSPS) is 16.1. The summed E-state index contributed by atoms with van der Waals surface area (Å²) in [5, 5.41) is 6.68. The van der Waals surface area contributed by atoms with Gasteiger partial charge in [-0.15, -0.1) is 0 Å². The summed E-state index contributed by atoms with van der Waals surface area (Å²) in [5.74, 6) is 1.60. The number of carbonyl (C=O) groups excluding carboxylic acids is 1. The molecule has 1 aromatic carbocycles. The molecule has 0 aliphatic carbocycles. The first kappa shape index (κ1) is 21.0. The highest BCUT2D eigenvalue weighted by Crippen LogP contribution is 2.16. The Balaban J connectivity index is 1.56. The molecule has 7 nitrogen and oxygen atoms in total. The van der Waals surface area contributed by atoms with Crippen LogP contribution in [0.2, 0.25) is 0 Å². The first-order valence-electron chi connectivity index (χ1n) is 9.71. The molecule has 4 N–H and O–H groups in total. The Bertz CT molecular complexity index is 595. The summed E-state index contributed by atoms with van der Waals surface area (Å²) in [6.07, 6.45) is 4.01. The number of nitrogens with zero attached hydrogens (tertiary/aromatic N) is 2. The first-order valence-corrected chi connectivity index (χ1v) is 9.71. The van der Waals surface area contributed by atoms with Gasteiger partial charge in [0.2, 0.25) is 5.91 Å². The van der Waals surface area contributed by atoms with E-state index in [4.69, 9.17) is 10.5 Å². The van der Waals surface area contributed by atoms with Gasteiger partial charge in [0.25, 0.3) is 0 Å². The summed E-state index contributed by atoms with van der Waals surface area (Å²) in [4.78, 5) is 17.9. The number of rotatable bonds is 9. The van der Waals surface area contributed by atoms with Crippen LogP contribution in [0.4, 0.5) is 0 Å². The number of methoxy groups -OCH3 is 1. The Hall–Kier alpha value is -2.28. The highest BCUT2D eigenvalue weighted by molar-refractivity contribution is 5.79. The van der Waals surface area contributed by atoms with Crippen LogP contribution in [0.5, 0.6) is 5.75 Å². The number of likely N-dealkylation sites (tertiary alicyclic amines) is 1. The van der Waals surface area contributed by atoms with E-state index < -0.39 is 0 Å². The summed E-state index contributed by atoms with van der Waals surface area (Å²) in [7, 11) is 3.45. The Labute approximate surface area is 162 Å². The van der Waals surface area contributed by atoms with Gasteiger partial charge in [-0.2, -0.15) is 0 Å². The van der Waals surface area contributed by atoms with Crippen molar-refractivity contribution >= 4 is 11.9 Å². The number of benzene rings is 1. The zero-order valence-corrected chi connectivity index (χ0v) is 16.5. The molecule has 1 saturated heterocycles. The Morgan fingerprint density at radius 1 is 1.22 bits per heavy atom. The number of ether oxygens (including phenoxy) is 1. The molecule has 2 rings (SSSR count). The number of amides is 1. The number of aliphatic imine (C=N–C) groups is 1. The molecule has 1 fully saturated rings. The van der Waals surface area contributed by atoms with Crippen LogP contribution in [0.1, 0.15) is 31.2 Å². The van der Waals surface area contributed by atoms with Crippen molar-refractivity contribution in [1.82, 2.24) is 15.5 Å². The maximum atomic E-state index is 11.2. The van der Waals surface area contributed by atoms with Crippen LogP contribution in [-0.2, 0) is 11.3 Å². The van der Waals surface area contributed by atoms with Crippen LogP contribution in [-0.4, -0.2) is 57.1 Å². The zero-order valence-electron chi connectivity index (χ0n) is 16.5. The summed E-state index contributed by atoms with van der Waals surface area (Å²) in [5.41, 5.74) is 6.56. The third-order valence-electron chi connectivity index (χ3n) is 5.03. The maximum absolute atomic E-state index is 11.2. The number of piperidine rings is 1. The predicted octanol–water partition coefficient (Wildman–Crippen LogP) is 1.34. The largest absolute Gasteiger partial charge is 0.497 e. The lowest BCUT2D eigenvalue weighted by atomic mass is 9.96. The van der Waals surface area contributed by atoms with E-state index in [0.717, 1.165) is 70.1 Å². The van der Waals surface area contributed by atoms with Crippen molar-refractivity contribution in [2.75, 3.05) is 40.3 Å². The lowest BCUT2D eigenvalue weighted by Gasteiger charge is -2.30. The van der Waals surface area contributed by atoms with Crippen LogP contribution in [0.25, 0.3) is 0 Å². The van der Waals surface area contributed by atoms with E-state index in [-0.39, 0.29) is 11.8 Å². The second-order valence-corrected chi connectivity index (χ2v) is 6.93. The lowest BCUT2D eigenvalue weighted by molar-refractivity contribution is -0.123. The van der Waals surface area contributed by atoms with Gasteiger partial charge in [-0.05, 0) is 63.0 Å². The Morgan fingerprint density at radius 2 is 1.93 bits per heavy atom. The summed E-state index contributed by atoms with van der Waals surface area (Å²) in [6, 6.07) is 8.00. The molecule has 1 aromatic rings. The fourth-order valence-electron chi connectivity index (χ4n) is 3.26. The Morgan fingerprint density at radius 3 is 2.52 bits per heavy atom. The van der Waals surface area contributed by atoms with E-state index in [2.05, 4.69) is 20.5 Å². The van der Waals surface area contributed by atoms with Crippen LogP contribution in [0, 0.1) is 5.92 Å². The summed E-state index contributed by atoms with van der Waals surface area (Å²) >= 11 is 0. The van der Waals surface area contributed by atoms with Gasteiger partial charge in [0.05, 0.1) is 7.11 Å². The average Bonchev–Trinajstić information content (AvgIpc) is 2.70. The summed E-state index contributed by atoms with van der Waals surface area (Å²) in [6.45, 7) is 4.64. The number of hydrogen-bond donors (Lipinski definition) is 3. The molecule has 0 saturated carbocycles. The third-order valence-corrected chi connectivity index (χ3v) is 5.03. The molecular formula is C20H33N5O2. The molecule has 0 bridgehead atoms. The average molecular weight is 376 g/mol. The van der Waals surface area contributed by atoms with Crippen molar-refractivity contribution in [1.29, 1.82) is 0 Å². The number of carbonyl (C=O) groups is 1. The van der Waals surface area contributed by atoms with E-state index in [1.807, 2.05) is 24.3 Å². The fourth-order valence-corrected chi connectivity index (χ4v) is 3.26. The van der Waals surface area contributed by atoms with Crippen LogP contribution in [0.3, 0.4) is 0 Å². The molecule has 0 unspecified atom stereocenters. The summed E-state index contributed by atoms with van der Waals surface area (Å²) < 4.78 is 5.17. The quantitative estimate of drug-likeness (QED) is 0.344. The standard InChI is InChI=1S/C20H33N5O2/c1-22-20(24-15-16-5-7-18(27-2)8-6-16)23-11-3-4-12-25-13-9-17(10-14-25)19(21)26/h5-8,17H,3-4,9-15H2,1-2H3,(H2,21,26)(H2,22,23,24). The third kappa shape index (κ3) is 7.46.